The number of piperidine rings is 2. The summed E-state index contributed by atoms with van der Waals surface area (Å²) in [6.45, 7) is 7.15. The number of likely N-dealkylation sites (tertiary alicyclic amines) is 2. The van der Waals surface area contributed by atoms with Crippen molar-refractivity contribution in [2.75, 3.05) is 89.3 Å². The molecule has 28 nitrogen and oxygen atoms in total. The molecule has 2 aliphatic heterocycles. The number of amides is 8. The fourth-order valence-corrected chi connectivity index (χ4v) is 15.3. The van der Waals surface area contributed by atoms with Crippen molar-refractivity contribution in [1.29, 1.82) is 0 Å². The maximum absolute atomic E-state index is 15.5. The Morgan fingerprint density at radius 2 is 0.817 bits per heavy atom. The van der Waals surface area contributed by atoms with E-state index in [0.29, 0.717) is 72.4 Å². The summed E-state index contributed by atoms with van der Waals surface area (Å²) in [5.74, 6) is 4.79. The number of hydrogen-bond acceptors (Lipinski definition) is 16. The van der Waals surface area contributed by atoms with Crippen molar-refractivity contribution in [3.8, 4) is 46.2 Å². The molecule has 32 heteroatoms. The standard InChI is InChI=1S/C94H94F4N16O12/c1-5-99-91(123)103-69-36-32-65(33-37-69)83-79(113-87(119)73(89(121)125-7-3)55-111(93(113)105-83)53-71-75(95)28-16-29-76(71)96)57-107(51-63-20-11-9-12-21-63)59-81(115)109-46-40-67(41-47-109)85(117)101-44-18-26-61-24-15-25-62(50-61)27-19-45-102-86(118)68-42-48-110(49-43-68)82(116)60-108(52-64-22-13-10-14-23-64)58-80-84(66-34-38-70(39-35-66)104-92(124)100-6-2)106-94-112(54-72-77(97)30-17-31-78(72)98)56-74(88(120)114(80)94)90(122)126-8-4/h9-17,20-25,28-39,50,55-56,67-68H,5-8,40-49,51-54,57-60H2,1-4H3,(H,101,117)(H,102,118)(H2,99,103,123)(H2,100,104,124). The van der Waals surface area contributed by atoms with Gasteiger partial charge in [0.25, 0.3) is 11.1 Å². The molecule has 0 unspecified atom stereocenters. The van der Waals surface area contributed by atoms with Crippen LogP contribution in [0.25, 0.3) is 34.1 Å². The van der Waals surface area contributed by atoms with Gasteiger partial charge >= 0.3 is 24.0 Å². The van der Waals surface area contributed by atoms with E-state index < -0.39 is 94.4 Å². The van der Waals surface area contributed by atoms with Crippen molar-refractivity contribution in [3.63, 3.8) is 0 Å². The minimum absolute atomic E-state index is 0.0335. The van der Waals surface area contributed by atoms with Crippen LogP contribution < -0.4 is 43.0 Å². The zero-order valence-electron chi connectivity index (χ0n) is 69.9. The third-order valence-electron chi connectivity index (χ3n) is 21.6. The minimum Gasteiger partial charge on any atom is -0.462 e. The summed E-state index contributed by atoms with van der Waals surface area (Å²) in [5, 5.41) is 16.7. The third-order valence-corrected chi connectivity index (χ3v) is 21.6. The SMILES string of the molecule is CCNC(=O)Nc1ccc(-c2nc3n(Cc4c(F)cccc4F)cc(C(=O)OCC)c(=O)n3c2CN(CC(=O)N2CCC(C(=O)NCC#Cc3cccc(C#CCNC(=O)C4CCN(C(=O)CN(Cc5ccccc5)Cc5c(-c6ccc(NC(=O)NCC)cc6)nc6n(Cc7c(F)cccc7F)cc(C(=O)OCC)c(=O)n56)CC4)c3)CC2)Cc2ccccc2)cc1. The van der Waals surface area contributed by atoms with Crippen molar-refractivity contribution in [3.05, 3.63) is 282 Å². The summed E-state index contributed by atoms with van der Waals surface area (Å²) in [4.78, 5) is 156. The highest BCUT2D eigenvalue weighted by atomic mass is 19.1. The molecule has 0 bridgehead atoms. The van der Waals surface area contributed by atoms with Crippen LogP contribution in [-0.2, 0) is 67.9 Å². The summed E-state index contributed by atoms with van der Waals surface area (Å²) >= 11 is 0. The number of carbonyl (C=O) groups excluding carboxylic acids is 8. The Morgan fingerprint density at radius 3 is 1.17 bits per heavy atom. The molecule has 0 saturated carbocycles. The number of aromatic nitrogens is 6. The van der Waals surface area contributed by atoms with E-state index in [1.54, 1.807) is 110 Å². The van der Waals surface area contributed by atoms with Gasteiger partial charge in [0.1, 0.15) is 34.4 Å². The zero-order chi connectivity index (χ0) is 88.9. The Hall–Kier alpha value is -14.5. The number of fused-ring (bicyclic) bond motifs is 2. The van der Waals surface area contributed by atoms with Crippen LogP contribution in [0.1, 0.15) is 119 Å². The van der Waals surface area contributed by atoms with Crippen LogP contribution in [0.5, 0.6) is 0 Å². The molecule has 126 heavy (non-hydrogen) atoms. The number of nitrogens with one attached hydrogen (secondary N) is 6. The van der Waals surface area contributed by atoms with E-state index in [0.717, 1.165) is 35.4 Å². The molecule has 4 aromatic heterocycles. The molecule has 0 spiro atoms. The topological polar surface area (TPSA) is 319 Å². The Morgan fingerprint density at radius 1 is 0.452 bits per heavy atom. The van der Waals surface area contributed by atoms with Gasteiger partial charge in [-0.1, -0.05) is 127 Å². The van der Waals surface area contributed by atoms with Crippen LogP contribution in [-0.4, -0.2) is 174 Å². The van der Waals surface area contributed by atoms with Crippen LogP contribution >= 0.6 is 0 Å². The van der Waals surface area contributed by atoms with Gasteiger partial charge in [-0.15, -0.1) is 0 Å². The number of hydrogen-bond donors (Lipinski definition) is 6. The van der Waals surface area contributed by atoms with E-state index in [-0.39, 0.29) is 161 Å². The van der Waals surface area contributed by atoms with E-state index in [1.807, 2.05) is 70.5 Å². The lowest BCUT2D eigenvalue weighted by Gasteiger charge is -2.33. The highest BCUT2D eigenvalue weighted by molar-refractivity contribution is 5.92. The molecule has 8 amide bonds. The maximum Gasteiger partial charge on any atom is 0.345 e. The van der Waals surface area contributed by atoms with E-state index in [4.69, 9.17) is 19.4 Å². The number of carbonyl (C=O) groups is 8. The molecule has 11 aromatic rings. The normalized spacial score (nSPS) is 12.9. The van der Waals surface area contributed by atoms with Gasteiger partial charge in [0.15, 0.2) is 0 Å². The quantitative estimate of drug-likeness (QED) is 0.0138. The van der Waals surface area contributed by atoms with Gasteiger partial charge < -0.3 is 60.3 Å². The molecule has 650 valence electrons. The zero-order valence-corrected chi connectivity index (χ0v) is 69.9. The van der Waals surface area contributed by atoms with E-state index in [9.17, 15) is 47.9 Å². The summed E-state index contributed by atoms with van der Waals surface area (Å²) in [7, 11) is 0. The lowest BCUT2D eigenvalue weighted by atomic mass is 9.96. The van der Waals surface area contributed by atoms with Crippen LogP contribution in [0.15, 0.2) is 192 Å². The fraction of sp³-hybridized carbons (Fsp3) is 0.298. The van der Waals surface area contributed by atoms with Crippen molar-refractivity contribution in [2.24, 2.45) is 11.8 Å². The second-order valence-corrected chi connectivity index (χ2v) is 30.2. The molecule has 6 heterocycles. The number of benzene rings is 7. The minimum atomic E-state index is -0.981. The molecule has 0 radical (unpaired) electrons. The summed E-state index contributed by atoms with van der Waals surface area (Å²) in [6.07, 6.45) is 3.75. The number of urea groups is 2. The number of ether oxygens (including phenoxy) is 2. The van der Waals surface area contributed by atoms with Crippen molar-refractivity contribution < 1.29 is 65.4 Å². The molecule has 7 aromatic carbocycles. The van der Waals surface area contributed by atoms with Gasteiger partial charge in [-0.2, -0.15) is 0 Å². The Bertz CT molecular complexity index is 5720. The number of imidazole rings is 2. The molecular weight excluding hydrogens is 1620 g/mol. The Kier molecular flexibility index (Phi) is 29.8. The van der Waals surface area contributed by atoms with E-state index in [2.05, 4.69) is 55.6 Å². The fourth-order valence-electron chi connectivity index (χ4n) is 15.3. The number of esters is 2. The van der Waals surface area contributed by atoms with Gasteiger partial charge in [0.05, 0.1) is 75.3 Å². The Labute approximate surface area is 723 Å². The van der Waals surface area contributed by atoms with Crippen LogP contribution in [0.2, 0.25) is 0 Å². The molecule has 0 aliphatic carbocycles. The van der Waals surface area contributed by atoms with Crippen molar-refractivity contribution >= 4 is 70.6 Å². The predicted octanol–water partition coefficient (Wildman–Crippen LogP) is 10.7. The first-order valence-electron chi connectivity index (χ1n) is 41.6. The molecule has 0 atom stereocenters. The summed E-state index contributed by atoms with van der Waals surface area (Å²) < 4.78 is 77.5. The Balaban J connectivity index is 0.626. The monoisotopic (exact) mass is 1710 g/mol. The van der Waals surface area contributed by atoms with Crippen LogP contribution in [0.4, 0.5) is 38.5 Å². The summed E-state index contributed by atoms with van der Waals surface area (Å²) in [6, 6.07) is 45.1. The molecule has 2 aliphatic rings. The molecular formula is C94H94F4N16O12. The maximum atomic E-state index is 15.5. The number of anilines is 2. The van der Waals surface area contributed by atoms with Gasteiger partial charge in [0, 0.05) is 134 Å². The lowest BCUT2D eigenvalue weighted by molar-refractivity contribution is -0.136. The highest BCUT2D eigenvalue weighted by Crippen LogP contribution is 2.32. The van der Waals surface area contributed by atoms with Crippen LogP contribution in [0, 0.1) is 58.8 Å². The van der Waals surface area contributed by atoms with Crippen molar-refractivity contribution in [2.45, 2.75) is 92.6 Å². The summed E-state index contributed by atoms with van der Waals surface area (Å²) in [5.41, 5.74) is 2.40. The van der Waals surface area contributed by atoms with Gasteiger partial charge in [0.2, 0.25) is 35.2 Å². The predicted molar refractivity (Wildman–Crippen MR) is 464 cm³/mol. The van der Waals surface area contributed by atoms with E-state index >= 15 is 17.6 Å². The molecule has 13 rings (SSSR count). The number of nitrogens with zero attached hydrogens (tertiary/aromatic N) is 10. The van der Waals surface area contributed by atoms with Gasteiger partial charge in [-0.05, 0) is 131 Å². The van der Waals surface area contributed by atoms with E-state index in [1.165, 1.54) is 42.5 Å². The highest BCUT2D eigenvalue weighted by Gasteiger charge is 2.34. The number of halogens is 4. The first-order valence-corrected chi connectivity index (χ1v) is 41.6. The average Bonchev–Trinajstić information content (AvgIpc) is 1.58. The smallest absolute Gasteiger partial charge is 0.345 e. The second-order valence-electron chi connectivity index (χ2n) is 30.2. The second kappa shape index (κ2) is 42.1. The first-order chi connectivity index (χ1) is 61.0. The largest absolute Gasteiger partial charge is 0.462 e. The number of rotatable bonds is 30. The van der Waals surface area contributed by atoms with Gasteiger partial charge in [-0.3, -0.25) is 38.6 Å². The van der Waals surface area contributed by atoms with Crippen molar-refractivity contribution in [1.82, 2.24) is 68.8 Å². The first kappa shape index (κ1) is 89.3. The third kappa shape index (κ3) is 22.1. The van der Waals surface area contributed by atoms with Crippen LogP contribution in [0.3, 0.4) is 0 Å². The molecule has 6 N–H and O–H groups in total. The lowest BCUT2D eigenvalue weighted by Crippen LogP contribution is -2.46. The van der Waals surface area contributed by atoms with Gasteiger partial charge in [-0.25, -0.2) is 55.5 Å². The molecule has 2 fully saturated rings. The molecule has 2 saturated heterocycles. The average molecular weight is 1720 g/mol.